The lowest BCUT2D eigenvalue weighted by molar-refractivity contribution is 0.482. The molecule has 158 valence electrons. The molecule has 6 nitrogen and oxygen atoms in total. The molecule has 0 radical (unpaired) electrons. The first kappa shape index (κ1) is 21.2. The Kier molecular flexibility index (Phi) is 6.21. The number of rotatable bonds is 5. The van der Waals surface area contributed by atoms with Crippen molar-refractivity contribution >= 4 is 23.2 Å². The Hall–Kier alpha value is -4.07. The minimum atomic E-state index is -0.585. The average Bonchev–Trinajstić information content (AvgIpc) is 3.20. The summed E-state index contributed by atoms with van der Waals surface area (Å²) in [5.41, 5.74) is 2.09. The molecule has 4 rings (SSSR count). The molecular weight excluding hydrogens is 429 g/mol. The first-order valence-corrected chi connectivity index (χ1v) is 10.1. The molecule has 8 heteroatoms. The van der Waals surface area contributed by atoms with Crippen LogP contribution in [-0.2, 0) is 6.67 Å². The van der Waals surface area contributed by atoms with Gasteiger partial charge in [0.1, 0.15) is 18.2 Å². The van der Waals surface area contributed by atoms with Crippen LogP contribution in [0.25, 0.3) is 0 Å². The van der Waals surface area contributed by atoms with Gasteiger partial charge in [-0.1, -0.05) is 35.9 Å². The Bertz CT molecular complexity index is 1210. The van der Waals surface area contributed by atoms with Gasteiger partial charge in [-0.25, -0.2) is 9.29 Å². The van der Waals surface area contributed by atoms with Crippen molar-refractivity contribution in [1.82, 2.24) is 4.90 Å². The molecule has 0 unspecified atom stereocenters. The zero-order valence-electron chi connectivity index (χ0n) is 16.8. The highest BCUT2D eigenvalue weighted by atomic mass is 35.5. The fourth-order valence-corrected chi connectivity index (χ4v) is 3.72. The molecule has 0 aliphatic carbocycles. The molecule has 1 atom stereocenters. The van der Waals surface area contributed by atoms with Crippen molar-refractivity contribution in [2.75, 3.05) is 11.4 Å². The third-order valence-corrected chi connectivity index (χ3v) is 5.30. The van der Waals surface area contributed by atoms with Crippen LogP contribution in [0, 0.1) is 22.9 Å². The SMILES string of the molecule is N#CN=C1N(C#N)C[C@H](c2cccc(CF)c2)N1c1ccc(Oc2ccc(Cl)cc2)cc1. The van der Waals surface area contributed by atoms with Crippen molar-refractivity contribution in [3.05, 3.63) is 88.9 Å². The molecule has 0 spiro atoms. The van der Waals surface area contributed by atoms with Crippen LogP contribution in [0.3, 0.4) is 0 Å². The van der Waals surface area contributed by atoms with Crippen molar-refractivity contribution in [1.29, 1.82) is 10.5 Å². The number of hydrogen-bond donors (Lipinski definition) is 0. The molecule has 3 aromatic carbocycles. The van der Waals surface area contributed by atoms with E-state index in [4.69, 9.17) is 16.3 Å². The highest BCUT2D eigenvalue weighted by molar-refractivity contribution is 6.30. The van der Waals surface area contributed by atoms with E-state index in [2.05, 4.69) is 11.2 Å². The third kappa shape index (κ3) is 4.34. The maximum Gasteiger partial charge on any atom is 0.231 e. The number of alkyl halides is 1. The number of hydrogen-bond acceptors (Lipinski definition) is 4. The summed E-state index contributed by atoms with van der Waals surface area (Å²) in [6.45, 7) is -0.297. The van der Waals surface area contributed by atoms with E-state index in [0.29, 0.717) is 22.1 Å². The maximum absolute atomic E-state index is 13.2. The van der Waals surface area contributed by atoms with Gasteiger partial charge in [0.25, 0.3) is 0 Å². The van der Waals surface area contributed by atoms with E-state index in [-0.39, 0.29) is 18.5 Å². The van der Waals surface area contributed by atoms with Gasteiger partial charge in [0.2, 0.25) is 12.2 Å². The number of nitrogens with zero attached hydrogens (tertiary/aromatic N) is 5. The molecule has 3 aromatic rings. The molecule has 0 amide bonds. The summed E-state index contributed by atoms with van der Waals surface area (Å²) in [5, 5.41) is 19.4. The van der Waals surface area contributed by atoms with Crippen molar-refractivity contribution in [3.63, 3.8) is 0 Å². The van der Waals surface area contributed by atoms with Gasteiger partial charge in [-0.2, -0.15) is 10.5 Å². The van der Waals surface area contributed by atoms with Crippen molar-refractivity contribution in [2.24, 2.45) is 4.99 Å². The number of guanidine groups is 1. The summed E-state index contributed by atoms with van der Waals surface area (Å²) < 4.78 is 19.1. The van der Waals surface area contributed by atoms with Crippen LogP contribution in [0.15, 0.2) is 77.8 Å². The highest BCUT2D eigenvalue weighted by Gasteiger charge is 2.38. The highest BCUT2D eigenvalue weighted by Crippen LogP contribution is 2.36. The van der Waals surface area contributed by atoms with E-state index >= 15 is 0 Å². The lowest BCUT2D eigenvalue weighted by atomic mass is 10.0. The predicted octanol–water partition coefficient (Wildman–Crippen LogP) is 5.78. The minimum Gasteiger partial charge on any atom is -0.457 e. The van der Waals surface area contributed by atoms with Gasteiger partial charge in [0.05, 0.1) is 12.6 Å². The Labute approximate surface area is 190 Å². The van der Waals surface area contributed by atoms with Crippen molar-refractivity contribution in [2.45, 2.75) is 12.7 Å². The van der Waals surface area contributed by atoms with Gasteiger partial charge in [-0.15, -0.1) is 4.99 Å². The van der Waals surface area contributed by atoms with Crippen molar-refractivity contribution < 1.29 is 9.13 Å². The standard InChI is InChI=1S/C24H17ClFN5O/c25-19-4-8-21(9-5-19)32-22-10-6-20(7-11-22)31-23(14-30(16-28)24(31)29-15-27)18-3-1-2-17(12-18)13-26/h1-12,23H,13-14H2/t23-/m1/s1. The van der Waals surface area contributed by atoms with Crippen LogP contribution in [0.1, 0.15) is 17.2 Å². The summed E-state index contributed by atoms with van der Waals surface area (Å²) in [7, 11) is 0. The molecule has 1 saturated heterocycles. The van der Waals surface area contributed by atoms with E-state index in [1.165, 1.54) is 4.90 Å². The van der Waals surface area contributed by atoms with Crippen LogP contribution in [-0.4, -0.2) is 17.4 Å². The third-order valence-electron chi connectivity index (χ3n) is 5.05. The van der Waals surface area contributed by atoms with E-state index in [1.807, 2.05) is 18.2 Å². The molecule has 32 heavy (non-hydrogen) atoms. The normalized spacial score (nSPS) is 16.6. The Morgan fingerprint density at radius 3 is 2.34 bits per heavy atom. The van der Waals surface area contributed by atoms with Gasteiger partial charge in [-0.05, 0) is 59.7 Å². The zero-order valence-corrected chi connectivity index (χ0v) is 17.6. The summed E-state index contributed by atoms with van der Waals surface area (Å²) in [4.78, 5) is 7.04. The second kappa shape index (κ2) is 9.38. The number of anilines is 1. The topological polar surface area (TPSA) is 75.7 Å². The smallest absolute Gasteiger partial charge is 0.231 e. The second-order valence-corrected chi connectivity index (χ2v) is 7.47. The van der Waals surface area contributed by atoms with Crippen LogP contribution in [0.5, 0.6) is 11.5 Å². The lowest BCUT2D eigenvalue weighted by Crippen LogP contribution is -2.32. The van der Waals surface area contributed by atoms with Gasteiger partial charge in [-0.3, -0.25) is 0 Å². The summed E-state index contributed by atoms with van der Waals surface area (Å²) in [6.07, 6.45) is 3.85. The van der Waals surface area contributed by atoms with E-state index < -0.39 is 6.67 Å². The number of benzene rings is 3. The first-order valence-electron chi connectivity index (χ1n) is 9.74. The van der Waals surface area contributed by atoms with Crippen LogP contribution in [0.4, 0.5) is 10.1 Å². The fraction of sp³-hybridized carbons (Fsp3) is 0.125. The molecule has 1 aliphatic heterocycles. The molecule has 0 aromatic heterocycles. The molecule has 1 fully saturated rings. The Morgan fingerprint density at radius 2 is 1.72 bits per heavy atom. The second-order valence-electron chi connectivity index (χ2n) is 7.04. The number of nitriles is 2. The Morgan fingerprint density at radius 1 is 1.03 bits per heavy atom. The number of halogens is 2. The van der Waals surface area contributed by atoms with E-state index in [9.17, 15) is 14.9 Å². The van der Waals surface area contributed by atoms with Gasteiger partial charge < -0.3 is 9.64 Å². The first-order chi connectivity index (χ1) is 15.6. The molecule has 1 aliphatic rings. The molecule has 1 heterocycles. The predicted molar refractivity (Wildman–Crippen MR) is 120 cm³/mol. The summed E-state index contributed by atoms with van der Waals surface area (Å²) in [6, 6.07) is 21.1. The zero-order chi connectivity index (χ0) is 22.5. The van der Waals surface area contributed by atoms with E-state index in [1.54, 1.807) is 65.7 Å². The number of ether oxygens (including phenoxy) is 1. The van der Waals surface area contributed by atoms with Crippen LogP contribution < -0.4 is 9.64 Å². The molecule has 0 saturated carbocycles. The van der Waals surface area contributed by atoms with Crippen LogP contribution in [0.2, 0.25) is 5.02 Å². The number of aliphatic imine (C=N–C) groups is 1. The average molecular weight is 446 g/mol. The van der Waals surface area contributed by atoms with Crippen molar-refractivity contribution in [3.8, 4) is 23.9 Å². The van der Waals surface area contributed by atoms with Gasteiger partial charge in [0.15, 0.2) is 6.19 Å². The fourth-order valence-electron chi connectivity index (χ4n) is 3.60. The Balaban J connectivity index is 1.68. The quantitative estimate of drug-likeness (QED) is 0.465. The van der Waals surface area contributed by atoms with E-state index in [0.717, 1.165) is 11.3 Å². The summed E-state index contributed by atoms with van der Waals surface area (Å²) in [5.74, 6) is 1.48. The molecular formula is C24H17ClFN5O. The minimum absolute atomic E-state index is 0.219. The van der Waals surface area contributed by atoms with Gasteiger partial charge >= 0.3 is 0 Å². The lowest BCUT2D eigenvalue weighted by Gasteiger charge is -2.25. The molecule has 0 N–H and O–H groups in total. The maximum atomic E-state index is 13.2. The largest absolute Gasteiger partial charge is 0.457 e. The van der Waals surface area contributed by atoms with Gasteiger partial charge in [0, 0.05) is 10.7 Å². The monoisotopic (exact) mass is 445 g/mol. The van der Waals surface area contributed by atoms with Crippen LogP contribution >= 0.6 is 11.6 Å². The summed E-state index contributed by atoms with van der Waals surface area (Å²) >= 11 is 5.91. The molecule has 0 bridgehead atoms.